The standard InChI is InChI=1S/C11H13F3N2O3S/c1-10(2,9(18)19)3-4-15-7(17)6-5-20-8(16-6)11(12,13)14/h5H,3-4H2,1-2H3,(H,15,17)(H,18,19). The molecule has 1 heterocycles. The van der Waals surface area contributed by atoms with Gasteiger partial charge in [0.05, 0.1) is 5.41 Å². The number of amides is 1. The molecule has 5 nitrogen and oxygen atoms in total. The highest BCUT2D eigenvalue weighted by Gasteiger charge is 2.35. The van der Waals surface area contributed by atoms with Crippen LogP contribution < -0.4 is 5.32 Å². The first-order chi connectivity index (χ1) is 9.04. The molecule has 0 aromatic carbocycles. The summed E-state index contributed by atoms with van der Waals surface area (Å²) in [5, 5.41) is 11.1. The summed E-state index contributed by atoms with van der Waals surface area (Å²) in [5.74, 6) is -1.77. The van der Waals surface area contributed by atoms with Gasteiger partial charge in [-0.15, -0.1) is 11.3 Å². The maximum atomic E-state index is 12.3. The number of halogens is 3. The Morgan fingerprint density at radius 3 is 2.45 bits per heavy atom. The average Bonchev–Trinajstić information content (AvgIpc) is 2.77. The van der Waals surface area contributed by atoms with E-state index in [0.717, 1.165) is 5.38 Å². The second-order valence-corrected chi connectivity index (χ2v) is 5.59. The lowest BCUT2D eigenvalue weighted by Gasteiger charge is -2.18. The summed E-state index contributed by atoms with van der Waals surface area (Å²) in [6, 6.07) is 0. The maximum absolute atomic E-state index is 12.3. The molecule has 0 saturated heterocycles. The molecule has 0 bridgehead atoms. The van der Waals surface area contributed by atoms with Crippen molar-refractivity contribution in [3.63, 3.8) is 0 Å². The van der Waals surface area contributed by atoms with Crippen LogP contribution in [0.4, 0.5) is 13.2 Å². The van der Waals surface area contributed by atoms with Crippen LogP contribution in [0.15, 0.2) is 5.38 Å². The third-order valence-corrected chi connectivity index (χ3v) is 3.48. The molecule has 0 atom stereocenters. The minimum absolute atomic E-state index is 0.0387. The molecule has 0 unspecified atom stereocenters. The molecule has 0 aliphatic rings. The Morgan fingerprint density at radius 1 is 1.40 bits per heavy atom. The van der Waals surface area contributed by atoms with Crippen LogP contribution in [0, 0.1) is 5.41 Å². The van der Waals surface area contributed by atoms with Crippen molar-refractivity contribution >= 4 is 23.2 Å². The normalized spacial score (nSPS) is 12.2. The van der Waals surface area contributed by atoms with Gasteiger partial charge in [0.1, 0.15) is 5.69 Å². The van der Waals surface area contributed by atoms with Gasteiger partial charge in [0, 0.05) is 11.9 Å². The summed E-state index contributed by atoms with van der Waals surface area (Å²) in [7, 11) is 0. The minimum atomic E-state index is -4.57. The Balaban J connectivity index is 2.56. The Hall–Kier alpha value is -1.64. The van der Waals surface area contributed by atoms with Gasteiger partial charge in [0.15, 0.2) is 5.01 Å². The molecule has 0 spiro atoms. The molecule has 0 radical (unpaired) electrons. The van der Waals surface area contributed by atoms with E-state index in [1.165, 1.54) is 13.8 Å². The van der Waals surface area contributed by atoms with Gasteiger partial charge in [-0.1, -0.05) is 0 Å². The van der Waals surface area contributed by atoms with Gasteiger partial charge >= 0.3 is 12.1 Å². The number of carboxylic acids is 1. The quantitative estimate of drug-likeness (QED) is 0.875. The van der Waals surface area contributed by atoms with Crippen molar-refractivity contribution in [2.75, 3.05) is 6.54 Å². The summed E-state index contributed by atoms with van der Waals surface area (Å²) in [5.41, 5.74) is -1.34. The summed E-state index contributed by atoms with van der Waals surface area (Å²) >= 11 is 0.338. The van der Waals surface area contributed by atoms with Crippen molar-refractivity contribution in [1.82, 2.24) is 10.3 Å². The molecule has 1 rings (SSSR count). The summed E-state index contributed by atoms with van der Waals surface area (Å²) in [4.78, 5) is 25.6. The van der Waals surface area contributed by atoms with Crippen LogP contribution in [-0.4, -0.2) is 28.5 Å². The van der Waals surface area contributed by atoms with Gasteiger partial charge in [0.2, 0.25) is 0 Å². The van der Waals surface area contributed by atoms with Gasteiger partial charge in [0.25, 0.3) is 5.91 Å². The van der Waals surface area contributed by atoms with Gasteiger partial charge in [-0.2, -0.15) is 13.2 Å². The Kier molecular flexibility index (Phi) is 4.74. The molecular formula is C11H13F3N2O3S. The van der Waals surface area contributed by atoms with Crippen LogP contribution in [-0.2, 0) is 11.0 Å². The van der Waals surface area contributed by atoms with E-state index in [0.29, 0.717) is 11.3 Å². The number of nitrogens with zero attached hydrogens (tertiary/aromatic N) is 1. The summed E-state index contributed by atoms with van der Waals surface area (Å²) in [6.45, 7) is 3.02. The van der Waals surface area contributed by atoms with E-state index in [9.17, 15) is 22.8 Å². The maximum Gasteiger partial charge on any atom is 0.443 e. The number of nitrogens with one attached hydrogen (secondary N) is 1. The smallest absolute Gasteiger partial charge is 0.443 e. The fourth-order valence-corrected chi connectivity index (χ4v) is 1.86. The molecule has 0 fully saturated rings. The molecule has 0 aliphatic carbocycles. The zero-order chi connectivity index (χ0) is 15.6. The van der Waals surface area contributed by atoms with Crippen LogP contribution in [0.3, 0.4) is 0 Å². The van der Waals surface area contributed by atoms with Crippen LogP contribution in [0.2, 0.25) is 0 Å². The fourth-order valence-electron chi connectivity index (χ4n) is 1.19. The van der Waals surface area contributed by atoms with E-state index in [2.05, 4.69) is 10.3 Å². The van der Waals surface area contributed by atoms with Crippen molar-refractivity contribution < 1.29 is 27.9 Å². The van der Waals surface area contributed by atoms with Crippen molar-refractivity contribution in [2.45, 2.75) is 26.4 Å². The Morgan fingerprint density at radius 2 is 2.00 bits per heavy atom. The van der Waals surface area contributed by atoms with Crippen molar-refractivity contribution in [3.05, 3.63) is 16.1 Å². The second kappa shape index (κ2) is 5.78. The third kappa shape index (κ3) is 4.19. The largest absolute Gasteiger partial charge is 0.481 e. The van der Waals surface area contributed by atoms with Crippen LogP contribution in [0.1, 0.15) is 35.8 Å². The molecule has 2 N–H and O–H groups in total. The molecule has 1 amide bonds. The predicted octanol–water partition coefficient (Wildman–Crippen LogP) is 2.39. The predicted molar refractivity (Wildman–Crippen MR) is 65.5 cm³/mol. The molecule has 0 saturated carbocycles. The molecule has 9 heteroatoms. The molecule has 112 valence electrons. The van der Waals surface area contributed by atoms with Crippen LogP contribution in [0.5, 0.6) is 0 Å². The number of alkyl halides is 3. The summed E-state index contributed by atoms with van der Waals surface area (Å²) < 4.78 is 36.9. The van der Waals surface area contributed by atoms with Crippen molar-refractivity contribution in [2.24, 2.45) is 5.41 Å². The van der Waals surface area contributed by atoms with E-state index in [4.69, 9.17) is 5.11 Å². The van der Waals surface area contributed by atoms with Gasteiger partial charge in [-0.25, -0.2) is 4.98 Å². The minimum Gasteiger partial charge on any atom is -0.481 e. The number of aromatic nitrogens is 1. The number of rotatable bonds is 5. The topological polar surface area (TPSA) is 79.3 Å². The highest BCUT2D eigenvalue weighted by molar-refractivity contribution is 7.09. The van der Waals surface area contributed by atoms with Crippen molar-refractivity contribution in [3.8, 4) is 0 Å². The van der Waals surface area contributed by atoms with Gasteiger partial charge in [-0.05, 0) is 20.3 Å². The highest BCUT2D eigenvalue weighted by Crippen LogP contribution is 2.31. The number of carbonyl (C=O) groups excluding carboxylic acids is 1. The number of hydrogen-bond acceptors (Lipinski definition) is 4. The summed E-state index contributed by atoms with van der Waals surface area (Å²) in [6.07, 6.45) is -4.42. The number of carbonyl (C=O) groups is 2. The zero-order valence-electron chi connectivity index (χ0n) is 10.7. The molecule has 1 aromatic heterocycles. The Labute approximate surface area is 116 Å². The first kappa shape index (κ1) is 16.4. The first-order valence-electron chi connectivity index (χ1n) is 5.58. The monoisotopic (exact) mass is 310 g/mol. The number of aliphatic carboxylic acids is 1. The fraction of sp³-hybridized carbons (Fsp3) is 0.545. The molecule has 20 heavy (non-hydrogen) atoms. The highest BCUT2D eigenvalue weighted by atomic mass is 32.1. The second-order valence-electron chi connectivity index (χ2n) is 4.73. The van der Waals surface area contributed by atoms with Crippen LogP contribution >= 0.6 is 11.3 Å². The van der Waals surface area contributed by atoms with E-state index in [-0.39, 0.29) is 18.7 Å². The lowest BCUT2D eigenvalue weighted by atomic mass is 9.90. The van der Waals surface area contributed by atoms with E-state index in [1.54, 1.807) is 0 Å². The SMILES string of the molecule is CC(C)(CCNC(=O)c1csc(C(F)(F)F)n1)C(=O)O. The third-order valence-electron chi connectivity index (χ3n) is 2.59. The van der Waals surface area contributed by atoms with E-state index in [1.807, 2.05) is 0 Å². The van der Waals surface area contributed by atoms with Gasteiger partial charge in [-0.3, -0.25) is 9.59 Å². The number of hydrogen-bond donors (Lipinski definition) is 2. The Bertz CT molecular complexity index is 511. The lowest BCUT2D eigenvalue weighted by Crippen LogP contribution is -2.32. The zero-order valence-corrected chi connectivity index (χ0v) is 11.6. The molecule has 1 aromatic rings. The molecular weight excluding hydrogens is 297 g/mol. The van der Waals surface area contributed by atoms with Crippen LogP contribution in [0.25, 0.3) is 0 Å². The van der Waals surface area contributed by atoms with E-state index >= 15 is 0 Å². The number of carboxylic acid groups (broad SMARTS) is 1. The lowest BCUT2D eigenvalue weighted by molar-refractivity contribution is -0.147. The number of thiazole rings is 1. The van der Waals surface area contributed by atoms with E-state index < -0.39 is 28.5 Å². The van der Waals surface area contributed by atoms with Crippen molar-refractivity contribution in [1.29, 1.82) is 0 Å². The molecule has 0 aliphatic heterocycles. The average molecular weight is 310 g/mol. The van der Waals surface area contributed by atoms with Gasteiger partial charge < -0.3 is 10.4 Å². The first-order valence-corrected chi connectivity index (χ1v) is 6.46.